The minimum Gasteiger partial charge on any atom is -0.492 e. The van der Waals surface area contributed by atoms with Crippen molar-refractivity contribution >= 4 is 17.5 Å². The maximum atomic E-state index is 12.9. The number of carbonyl (C=O) groups is 1. The van der Waals surface area contributed by atoms with Crippen molar-refractivity contribution in [2.24, 2.45) is 5.92 Å². The van der Waals surface area contributed by atoms with E-state index in [9.17, 15) is 4.79 Å². The van der Waals surface area contributed by atoms with Gasteiger partial charge in [-0.15, -0.1) is 0 Å². The summed E-state index contributed by atoms with van der Waals surface area (Å²) in [7, 11) is 0. The SMILES string of the molecule is CC(=O)N(CC1CCN(CCOc2ccccc2)CC1)[C@@H](c1ccc(Cl)cc1)c1ccccn1. The zero-order valence-electron chi connectivity index (χ0n) is 19.6. The lowest BCUT2D eigenvalue weighted by molar-refractivity contribution is -0.131. The number of nitrogens with zero attached hydrogens (tertiary/aromatic N) is 3. The van der Waals surface area contributed by atoms with Crippen LogP contribution in [-0.4, -0.2) is 53.5 Å². The number of carbonyl (C=O) groups excluding carboxylic acids is 1. The van der Waals surface area contributed by atoms with Crippen molar-refractivity contribution in [1.29, 1.82) is 0 Å². The molecule has 1 atom stereocenters. The van der Waals surface area contributed by atoms with Gasteiger partial charge in [-0.2, -0.15) is 0 Å². The van der Waals surface area contributed by atoms with E-state index in [2.05, 4.69) is 9.88 Å². The number of likely N-dealkylation sites (tertiary alicyclic amines) is 1. The van der Waals surface area contributed by atoms with Crippen LogP contribution in [0.4, 0.5) is 0 Å². The van der Waals surface area contributed by atoms with Gasteiger partial charge in [0.1, 0.15) is 12.4 Å². The van der Waals surface area contributed by atoms with Crippen LogP contribution >= 0.6 is 11.6 Å². The molecule has 0 bridgehead atoms. The molecular formula is C28H32ClN3O2. The van der Waals surface area contributed by atoms with E-state index in [1.807, 2.05) is 77.7 Å². The number of aromatic nitrogens is 1. The molecule has 0 spiro atoms. The third-order valence-corrected chi connectivity index (χ3v) is 6.70. The summed E-state index contributed by atoms with van der Waals surface area (Å²) in [6.45, 7) is 6.01. The second kappa shape index (κ2) is 12.0. The first kappa shape index (κ1) is 24.2. The van der Waals surface area contributed by atoms with Crippen molar-refractivity contribution in [3.8, 4) is 5.75 Å². The highest BCUT2D eigenvalue weighted by atomic mass is 35.5. The highest BCUT2D eigenvalue weighted by Crippen LogP contribution is 2.31. The highest BCUT2D eigenvalue weighted by molar-refractivity contribution is 6.30. The summed E-state index contributed by atoms with van der Waals surface area (Å²) in [6, 6.07) is 23.3. The predicted octanol–water partition coefficient (Wildman–Crippen LogP) is 5.46. The third-order valence-electron chi connectivity index (χ3n) is 6.45. The molecule has 6 heteroatoms. The smallest absolute Gasteiger partial charge is 0.220 e. The summed E-state index contributed by atoms with van der Waals surface area (Å²) in [5, 5.41) is 0.682. The Morgan fingerprint density at radius 3 is 2.41 bits per heavy atom. The average molecular weight is 478 g/mol. The summed E-state index contributed by atoms with van der Waals surface area (Å²) in [5.41, 5.74) is 1.89. The molecule has 4 rings (SSSR count). The van der Waals surface area contributed by atoms with Crippen LogP contribution in [0, 0.1) is 5.92 Å². The number of piperidine rings is 1. The van der Waals surface area contributed by atoms with Gasteiger partial charge in [-0.3, -0.25) is 14.7 Å². The van der Waals surface area contributed by atoms with Gasteiger partial charge in [0, 0.05) is 31.2 Å². The largest absolute Gasteiger partial charge is 0.492 e. The van der Waals surface area contributed by atoms with Gasteiger partial charge in [0.05, 0.1) is 11.7 Å². The number of hydrogen-bond acceptors (Lipinski definition) is 4. The van der Waals surface area contributed by atoms with Crippen molar-refractivity contribution in [1.82, 2.24) is 14.8 Å². The van der Waals surface area contributed by atoms with E-state index >= 15 is 0 Å². The standard InChI is InChI=1S/C28H32ClN3O2/c1-22(33)32(28(27-9-5-6-16-30-27)24-10-12-25(29)13-11-24)21-23-14-17-31(18-15-23)19-20-34-26-7-3-2-4-8-26/h2-13,16,23,28H,14-15,17-21H2,1H3/t28-/m0/s1. The Balaban J connectivity index is 1.38. The Morgan fingerprint density at radius 1 is 1.06 bits per heavy atom. The Bertz CT molecular complexity index is 1020. The number of ether oxygens (including phenoxy) is 1. The molecule has 1 amide bonds. The number of halogens is 1. The third kappa shape index (κ3) is 6.58. The van der Waals surface area contributed by atoms with Gasteiger partial charge in [0.25, 0.3) is 0 Å². The van der Waals surface area contributed by atoms with Crippen LogP contribution in [0.25, 0.3) is 0 Å². The van der Waals surface area contributed by atoms with Crippen LogP contribution in [-0.2, 0) is 4.79 Å². The first-order valence-electron chi connectivity index (χ1n) is 11.9. The first-order valence-corrected chi connectivity index (χ1v) is 12.3. The molecule has 0 aliphatic carbocycles. The Labute approximate surface area is 207 Å². The molecule has 1 aliphatic rings. The molecule has 0 radical (unpaired) electrons. The second-order valence-electron chi connectivity index (χ2n) is 8.83. The van der Waals surface area contributed by atoms with Gasteiger partial charge in [-0.1, -0.05) is 48.0 Å². The molecule has 2 aromatic carbocycles. The molecule has 0 unspecified atom stereocenters. The molecular weight excluding hydrogens is 446 g/mol. The van der Waals surface area contributed by atoms with E-state index in [-0.39, 0.29) is 11.9 Å². The van der Waals surface area contributed by atoms with Crippen LogP contribution < -0.4 is 4.74 Å². The summed E-state index contributed by atoms with van der Waals surface area (Å²) in [5.74, 6) is 1.43. The zero-order chi connectivity index (χ0) is 23.8. The molecule has 0 saturated carbocycles. The normalized spacial score (nSPS) is 15.6. The van der Waals surface area contributed by atoms with Gasteiger partial charge in [0.2, 0.25) is 5.91 Å². The number of rotatable bonds is 9. The monoisotopic (exact) mass is 477 g/mol. The lowest BCUT2D eigenvalue weighted by Crippen LogP contribution is -2.43. The van der Waals surface area contributed by atoms with Crippen LogP contribution in [0.2, 0.25) is 5.02 Å². The Kier molecular flexibility index (Phi) is 8.56. The Morgan fingerprint density at radius 2 is 1.76 bits per heavy atom. The fraction of sp³-hybridized carbons (Fsp3) is 0.357. The lowest BCUT2D eigenvalue weighted by atomic mass is 9.93. The van der Waals surface area contributed by atoms with Crippen LogP contribution in [0.1, 0.15) is 37.1 Å². The molecule has 5 nitrogen and oxygen atoms in total. The fourth-order valence-corrected chi connectivity index (χ4v) is 4.72. The molecule has 1 fully saturated rings. The predicted molar refractivity (Wildman–Crippen MR) is 136 cm³/mol. The van der Waals surface area contributed by atoms with Gasteiger partial charge in [-0.25, -0.2) is 0 Å². The minimum atomic E-state index is -0.228. The van der Waals surface area contributed by atoms with Crippen molar-refractivity contribution in [3.63, 3.8) is 0 Å². The maximum Gasteiger partial charge on any atom is 0.220 e. The van der Waals surface area contributed by atoms with Gasteiger partial charge >= 0.3 is 0 Å². The topological polar surface area (TPSA) is 45.7 Å². The summed E-state index contributed by atoms with van der Waals surface area (Å²) < 4.78 is 5.86. The average Bonchev–Trinajstić information content (AvgIpc) is 2.87. The fourth-order valence-electron chi connectivity index (χ4n) is 4.59. The van der Waals surface area contributed by atoms with Gasteiger partial charge in [0.15, 0.2) is 0 Å². The maximum absolute atomic E-state index is 12.9. The van der Waals surface area contributed by atoms with E-state index in [1.165, 1.54) is 0 Å². The molecule has 3 aromatic rings. The molecule has 178 valence electrons. The van der Waals surface area contributed by atoms with E-state index in [1.54, 1.807) is 13.1 Å². The van der Waals surface area contributed by atoms with E-state index in [0.29, 0.717) is 24.1 Å². The summed E-state index contributed by atoms with van der Waals surface area (Å²) in [6.07, 6.45) is 3.90. The number of para-hydroxylation sites is 1. The molecule has 34 heavy (non-hydrogen) atoms. The zero-order valence-corrected chi connectivity index (χ0v) is 20.4. The van der Waals surface area contributed by atoms with E-state index < -0.39 is 0 Å². The summed E-state index contributed by atoms with van der Waals surface area (Å²) >= 11 is 6.13. The molecule has 2 heterocycles. The van der Waals surface area contributed by atoms with Crippen molar-refractivity contribution in [2.45, 2.75) is 25.8 Å². The van der Waals surface area contributed by atoms with Crippen LogP contribution in [0.5, 0.6) is 5.75 Å². The molecule has 1 aromatic heterocycles. The number of pyridine rings is 1. The lowest BCUT2D eigenvalue weighted by Gasteiger charge is -2.37. The quantitative estimate of drug-likeness (QED) is 0.410. The molecule has 1 saturated heterocycles. The molecule has 1 aliphatic heterocycles. The van der Waals surface area contributed by atoms with Gasteiger partial charge < -0.3 is 9.64 Å². The first-order chi connectivity index (χ1) is 16.6. The second-order valence-corrected chi connectivity index (χ2v) is 9.26. The van der Waals surface area contributed by atoms with Crippen molar-refractivity contribution in [3.05, 3.63) is 95.3 Å². The number of amides is 1. The Hall–Kier alpha value is -2.89. The van der Waals surface area contributed by atoms with Crippen molar-refractivity contribution < 1.29 is 9.53 Å². The van der Waals surface area contributed by atoms with E-state index in [4.69, 9.17) is 16.3 Å². The molecule has 0 N–H and O–H groups in total. The highest BCUT2D eigenvalue weighted by Gasteiger charge is 2.29. The summed E-state index contributed by atoms with van der Waals surface area (Å²) in [4.78, 5) is 21.9. The van der Waals surface area contributed by atoms with Crippen LogP contribution in [0.3, 0.4) is 0 Å². The van der Waals surface area contributed by atoms with Gasteiger partial charge in [-0.05, 0) is 73.8 Å². The minimum absolute atomic E-state index is 0.0595. The number of hydrogen-bond donors (Lipinski definition) is 0. The number of benzene rings is 2. The van der Waals surface area contributed by atoms with Crippen LogP contribution in [0.15, 0.2) is 79.0 Å². The van der Waals surface area contributed by atoms with E-state index in [0.717, 1.165) is 49.5 Å². The van der Waals surface area contributed by atoms with Crippen molar-refractivity contribution in [2.75, 3.05) is 32.8 Å².